The summed E-state index contributed by atoms with van der Waals surface area (Å²) >= 11 is 1.38. The summed E-state index contributed by atoms with van der Waals surface area (Å²) in [5.74, 6) is 0.303. The topological polar surface area (TPSA) is 63.4 Å². The molecule has 0 bridgehead atoms. The standard InChI is InChI=1S/C13H22N2O2S2.ClH/c1-13(2,3)11-4-5-12(18-11)19(16,17)15-7-6-10(8-14)9-15;/h4-5,10H,6-9,14H2,1-3H3;1H. The Balaban J connectivity index is 0.00000200. The van der Waals surface area contributed by atoms with E-state index in [0.717, 1.165) is 11.3 Å². The molecule has 0 saturated carbocycles. The molecule has 1 unspecified atom stereocenters. The lowest BCUT2D eigenvalue weighted by atomic mass is 9.95. The van der Waals surface area contributed by atoms with E-state index in [0.29, 0.717) is 29.8 Å². The molecule has 0 aromatic carbocycles. The van der Waals surface area contributed by atoms with Crippen LogP contribution >= 0.6 is 23.7 Å². The van der Waals surface area contributed by atoms with E-state index >= 15 is 0 Å². The average molecular weight is 339 g/mol. The molecule has 1 aliphatic heterocycles. The SMILES string of the molecule is CC(C)(C)c1ccc(S(=O)(=O)N2CCC(CN)C2)s1.Cl. The second kappa shape index (κ2) is 6.32. The highest BCUT2D eigenvalue weighted by molar-refractivity contribution is 7.91. The third-order valence-corrected chi connectivity index (χ3v) is 7.34. The number of hydrogen-bond donors (Lipinski definition) is 1. The van der Waals surface area contributed by atoms with Gasteiger partial charge in [-0.25, -0.2) is 8.42 Å². The van der Waals surface area contributed by atoms with Gasteiger partial charge < -0.3 is 5.73 Å². The van der Waals surface area contributed by atoms with E-state index in [1.54, 1.807) is 10.4 Å². The van der Waals surface area contributed by atoms with Crippen LogP contribution in [0.2, 0.25) is 0 Å². The summed E-state index contributed by atoms with van der Waals surface area (Å²) in [5, 5.41) is 0. The summed E-state index contributed by atoms with van der Waals surface area (Å²) in [6.45, 7) is 7.98. The first kappa shape index (κ1) is 17.9. The highest BCUT2D eigenvalue weighted by Crippen LogP contribution is 2.34. The van der Waals surface area contributed by atoms with Crippen LogP contribution in [0.5, 0.6) is 0 Å². The van der Waals surface area contributed by atoms with Gasteiger partial charge in [0.15, 0.2) is 0 Å². The van der Waals surface area contributed by atoms with Crippen molar-refractivity contribution < 1.29 is 8.42 Å². The number of sulfonamides is 1. The summed E-state index contributed by atoms with van der Waals surface area (Å²) < 4.78 is 27.1. The second-order valence-corrected chi connectivity index (χ2v) is 9.37. The summed E-state index contributed by atoms with van der Waals surface area (Å²) in [4.78, 5) is 1.10. The molecule has 1 aromatic heterocycles. The number of nitrogens with two attached hydrogens (primary N) is 1. The molecule has 2 heterocycles. The van der Waals surface area contributed by atoms with Crippen LogP contribution in [0.1, 0.15) is 32.1 Å². The normalized spacial score (nSPS) is 20.9. The highest BCUT2D eigenvalue weighted by Gasteiger charge is 2.33. The van der Waals surface area contributed by atoms with Crippen molar-refractivity contribution in [1.82, 2.24) is 4.31 Å². The van der Waals surface area contributed by atoms with Crippen molar-refractivity contribution in [3.8, 4) is 0 Å². The zero-order chi connectivity index (χ0) is 14.3. The quantitative estimate of drug-likeness (QED) is 0.920. The van der Waals surface area contributed by atoms with Gasteiger partial charge in [0.1, 0.15) is 4.21 Å². The van der Waals surface area contributed by atoms with Crippen LogP contribution in [0.3, 0.4) is 0 Å². The Labute approximate surface area is 131 Å². The monoisotopic (exact) mass is 338 g/mol. The molecular formula is C13H23ClN2O2S2. The Hall–Kier alpha value is -0.140. The molecule has 1 aliphatic rings. The molecule has 1 atom stereocenters. The Morgan fingerprint density at radius 1 is 1.40 bits per heavy atom. The average Bonchev–Trinajstić information content (AvgIpc) is 2.98. The number of hydrogen-bond acceptors (Lipinski definition) is 4. The van der Waals surface area contributed by atoms with Crippen molar-refractivity contribution in [3.63, 3.8) is 0 Å². The van der Waals surface area contributed by atoms with Gasteiger partial charge in [0.25, 0.3) is 10.0 Å². The maximum Gasteiger partial charge on any atom is 0.252 e. The van der Waals surface area contributed by atoms with E-state index in [-0.39, 0.29) is 17.8 Å². The molecular weight excluding hydrogens is 316 g/mol. The van der Waals surface area contributed by atoms with Gasteiger partial charge in [0.2, 0.25) is 0 Å². The van der Waals surface area contributed by atoms with Gasteiger partial charge in [-0.15, -0.1) is 23.7 Å². The van der Waals surface area contributed by atoms with E-state index in [1.807, 2.05) is 6.07 Å². The maximum absolute atomic E-state index is 12.5. The molecule has 1 fully saturated rings. The van der Waals surface area contributed by atoms with Crippen molar-refractivity contribution in [2.75, 3.05) is 19.6 Å². The van der Waals surface area contributed by atoms with Gasteiger partial charge in [-0.3, -0.25) is 0 Å². The Morgan fingerprint density at radius 2 is 2.05 bits per heavy atom. The van der Waals surface area contributed by atoms with Gasteiger partial charge >= 0.3 is 0 Å². The first-order valence-electron chi connectivity index (χ1n) is 6.55. The smallest absolute Gasteiger partial charge is 0.252 e. The largest absolute Gasteiger partial charge is 0.330 e. The maximum atomic E-state index is 12.5. The van der Waals surface area contributed by atoms with Crippen LogP contribution in [-0.4, -0.2) is 32.4 Å². The van der Waals surface area contributed by atoms with Crippen LogP contribution in [0.25, 0.3) is 0 Å². The summed E-state index contributed by atoms with van der Waals surface area (Å²) in [6, 6.07) is 3.66. The van der Waals surface area contributed by atoms with Crippen LogP contribution in [0, 0.1) is 5.92 Å². The van der Waals surface area contributed by atoms with Crippen LogP contribution in [-0.2, 0) is 15.4 Å². The lowest BCUT2D eigenvalue weighted by molar-refractivity contribution is 0.460. The van der Waals surface area contributed by atoms with E-state index in [1.165, 1.54) is 11.3 Å². The summed E-state index contributed by atoms with van der Waals surface area (Å²) in [7, 11) is -3.32. The van der Waals surface area contributed by atoms with E-state index < -0.39 is 10.0 Å². The lowest BCUT2D eigenvalue weighted by Crippen LogP contribution is -2.29. The summed E-state index contributed by atoms with van der Waals surface area (Å²) in [6.07, 6.45) is 0.868. The lowest BCUT2D eigenvalue weighted by Gasteiger charge is -2.16. The highest BCUT2D eigenvalue weighted by atomic mass is 35.5. The molecule has 116 valence electrons. The van der Waals surface area contributed by atoms with Gasteiger partial charge in [-0.05, 0) is 36.4 Å². The molecule has 0 amide bonds. The minimum Gasteiger partial charge on any atom is -0.330 e. The third-order valence-electron chi connectivity index (χ3n) is 3.50. The van der Waals surface area contributed by atoms with E-state index in [9.17, 15) is 8.42 Å². The Bertz CT molecular complexity index is 549. The molecule has 7 heteroatoms. The van der Waals surface area contributed by atoms with Crippen molar-refractivity contribution >= 4 is 33.8 Å². The first-order valence-corrected chi connectivity index (χ1v) is 8.81. The minimum atomic E-state index is -3.32. The summed E-state index contributed by atoms with van der Waals surface area (Å²) in [5.41, 5.74) is 5.61. The molecule has 1 aromatic rings. The Morgan fingerprint density at radius 3 is 2.50 bits per heavy atom. The van der Waals surface area contributed by atoms with Crippen molar-refractivity contribution in [3.05, 3.63) is 17.0 Å². The minimum absolute atomic E-state index is 0. The predicted molar refractivity (Wildman–Crippen MR) is 86.2 cm³/mol. The molecule has 0 aliphatic carbocycles. The molecule has 2 N–H and O–H groups in total. The van der Waals surface area contributed by atoms with Gasteiger partial charge in [0.05, 0.1) is 0 Å². The number of rotatable bonds is 3. The predicted octanol–water partition coefficient (Wildman–Crippen LogP) is 2.44. The first-order chi connectivity index (χ1) is 8.75. The van der Waals surface area contributed by atoms with Crippen LogP contribution in [0.15, 0.2) is 16.3 Å². The van der Waals surface area contributed by atoms with Crippen molar-refractivity contribution in [2.45, 2.75) is 36.8 Å². The number of thiophene rings is 1. The van der Waals surface area contributed by atoms with Crippen LogP contribution < -0.4 is 5.73 Å². The molecule has 0 radical (unpaired) electrons. The second-order valence-electron chi connectivity index (χ2n) is 6.12. The van der Waals surface area contributed by atoms with E-state index in [2.05, 4.69) is 20.8 Å². The fourth-order valence-corrected chi connectivity index (χ4v) is 5.25. The fourth-order valence-electron chi connectivity index (χ4n) is 2.20. The van der Waals surface area contributed by atoms with Gasteiger partial charge in [-0.1, -0.05) is 20.8 Å². The molecule has 20 heavy (non-hydrogen) atoms. The zero-order valence-corrected chi connectivity index (χ0v) is 14.6. The fraction of sp³-hybridized carbons (Fsp3) is 0.692. The van der Waals surface area contributed by atoms with Crippen molar-refractivity contribution in [2.24, 2.45) is 11.7 Å². The van der Waals surface area contributed by atoms with Crippen LogP contribution in [0.4, 0.5) is 0 Å². The van der Waals surface area contributed by atoms with E-state index in [4.69, 9.17) is 5.73 Å². The Kier molecular flexibility index (Phi) is 5.66. The molecule has 4 nitrogen and oxygen atoms in total. The molecule has 0 spiro atoms. The van der Waals surface area contributed by atoms with Gasteiger partial charge in [-0.2, -0.15) is 4.31 Å². The number of nitrogens with zero attached hydrogens (tertiary/aromatic N) is 1. The van der Waals surface area contributed by atoms with Gasteiger partial charge in [0, 0.05) is 18.0 Å². The third kappa shape index (κ3) is 3.54. The van der Waals surface area contributed by atoms with Crippen molar-refractivity contribution in [1.29, 1.82) is 0 Å². The zero-order valence-electron chi connectivity index (χ0n) is 12.1. The number of halogens is 1. The molecule has 1 saturated heterocycles. The molecule has 2 rings (SSSR count).